The fourth-order valence-electron chi connectivity index (χ4n) is 1.44. The summed E-state index contributed by atoms with van der Waals surface area (Å²) in [6, 6.07) is 5.27. The van der Waals surface area contributed by atoms with E-state index in [0.29, 0.717) is 16.3 Å². The van der Waals surface area contributed by atoms with Crippen LogP contribution < -0.4 is 4.74 Å². The normalized spacial score (nSPS) is 10.4. The Labute approximate surface area is 97.9 Å². The number of nitrogens with zero attached hydrogens (tertiary/aromatic N) is 1. The number of hydrogen-bond donors (Lipinski definition) is 1. The maximum absolute atomic E-state index is 9.26. The summed E-state index contributed by atoms with van der Waals surface area (Å²) in [5.74, 6) is 0.568. The molecule has 0 aliphatic heterocycles. The highest BCUT2D eigenvalue weighted by atomic mass is 35.5. The summed E-state index contributed by atoms with van der Waals surface area (Å²) < 4.78 is 5.09. The standard InChI is InChI=1S/C12H10ClNO2/c1-7(15)9-3-8-4-10(13)12(16-2)5-11(8)14-6-9/h3-6,15H,1H2,2H3. The molecule has 16 heavy (non-hydrogen) atoms. The van der Waals surface area contributed by atoms with Gasteiger partial charge in [-0.2, -0.15) is 0 Å². The highest BCUT2D eigenvalue weighted by Crippen LogP contribution is 2.29. The van der Waals surface area contributed by atoms with Crippen molar-refractivity contribution in [3.05, 3.63) is 41.6 Å². The number of methoxy groups -OCH3 is 1. The van der Waals surface area contributed by atoms with E-state index in [1.165, 1.54) is 0 Å². The van der Waals surface area contributed by atoms with Gasteiger partial charge in [0.1, 0.15) is 11.5 Å². The molecule has 1 aromatic heterocycles. The molecule has 1 aromatic carbocycles. The average molecular weight is 236 g/mol. The summed E-state index contributed by atoms with van der Waals surface area (Å²) in [4.78, 5) is 4.19. The molecular formula is C12H10ClNO2. The third-order valence-corrected chi connectivity index (χ3v) is 2.58. The topological polar surface area (TPSA) is 42.4 Å². The Morgan fingerprint density at radius 3 is 2.81 bits per heavy atom. The van der Waals surface area contributed by atoms with Crippen LogP contribution in [0, 0.1) is 0 Å². The van der Waals surface area contributed by atoms with E-state index < -0.39 is 0 Å². The third-order valence-electron chi connectivity index (χ3n) is 2.29. The van der Waals surface area contributed by atoms with Gasteiger partial charge in [0, 0.05) is 23.2 Å². The number of fused-ring (bicyclic) bond motifs is 1. The number of aliphatic hydroxyl groups excluding tert-OH is 1. The highest BCUT2D eigenvalue weighted by Gasteiger charge is 2.06. The Bertz CT molecular complexity index is 566. The monoisotopic (exact) mass is 235 g/mol. The van der Waals surface area contributed by atoms with Gasteiger partial charge >= 0.3 is 0 Å². The molecule has 2 aromatic rings. The van der Waals surface area contributed by atoms with Crippen LogP contribution in [0.15, 0.2) is 31.0 Å². The van der Waals surface area contributed by atoms with E-state index in [9.17, 15) is 5.11 Å². The molecule has 0 saturated heterocycles. The number of rotatable bonds is 2. The van der Waals surface area contributed by atoms with Crippen LogP contribution in [0.25, 0.3) is 16.7 Å². The Balaban J connectivity index is 2.66. The first-order valence-corrected chi connectivity index (χ1v) is 5.01. The summed E-state index contributed by atoms with van der Waals surface area (Å²) in [6.45, 7) is 3.45. The molecule has 3 nitrogen and oxygen atoms in total. The molecule has 0 saturated carbocycles. The summed E-state index contributed by atoms with van der Waals surface area (Å²) in [6.07, 6.45) is 1.55. The van der Waals surface area contributed by atoms with Gasteiger partial charge in [0.25, 0.3) is 0 Å². The molecule has 0 atom stereocenters. The number of benzene rings is 1. The molecule has 1 N–H and O–H groups in total. The van der Waals surface area contributed by atoms with Gasteiger partial charge < -0.3 is 9.84 Å². The van der Waals surface area contributed by atoms with E-state index in [1.807, 2.05) is 0 Å². The van der Waals surface area contributed by atoms with Crippen LogP contribution in [0.4, 0.5) is 0 Å². The molecule has 0 bridgehead atoms. The predicted molar refractivity (Wildman–Crippen MR) is 65.0 cm³/mol. The SMILES string of the molecule is C=C(O)c1cnc2cc(OC)c(Cl)cc2c1. The van der Waals surface area contributed by atoms with E-state index in [4.69, 9.17) is 16.3 Å². The van der Waals surface area contributed by atoms with Crippen molar-refractivity contribution in [3.63, 3.8) is 0 Å². The fraction of sp³-hybridized carbons (Fsp3) is 0.0833. The number of hydrogen-bond acceptors (Lipinski definition) is 3. The van der Waals surface area contributed by atoms with Gasteiger partial charge in [0.05, 0.1) is 17.6 Å². The Hall–Kier alpha value is -1.74. The summed E-state index contributed by atoms with van der Waals surface area (Å²) in [5, 5.41) is 10.6. The first-order chi connectivity index (χ1) is 7.61. The molecule has 1 heterocycles. The largest absolute Gasteiger partial charge is 0.508 e. The lowest BCUT2D eigenvalue weighted by atomic mass is 10.1. The lowest BCUT2D eigenvalue weighted by Crippen LogP contribution is -1.88. The van der Waals surface area contributed by atoms with Crippen LogP contribution in [-0.2, 0) is 0 Å². The van der Waals surface area contributed by atoms with Gasteiger partial charge in [0.15, 0.2) is 0 Å². The van der Waals surface area contributed by atoms with E-state index in [-0.39, 0.29) is 5.76 Å². The Kier molecular flexibility index (Phi) is 2.71. The zero-order valence-corrected chi connectivity index (χ0v) is 9.45. The number of halogens is 1. The van der Waals surface area contributed by atoms with Gasteiger partial charge in [-0.3, -0.25) is 4.98 Å². The van der Waals surface area contributed by atoms with Gasteiger partial charge in [-0.05, 0) is 12.1 Å². The van der Waals surface area contributed by atoms with Crippen molar-refractivity contribution < 1.29 is 9.84 Å². The maximum atomic E-state index is 9.26. The van der Waals surface area contributed by atoms with Crippen molar-refractivity contribution in [2.45, 2.75) is 0 Å². The molecule has 2 rings (SSSR count). The zero-order chi connectivity index (χ0) is 11.7. The van der Waals surface area contributed by atoms with Crippen LogP contribution in [0.5, 0.6) is 5.75 Å². The van der Waals surface area contributed by atoms with Crippen LogP contribution in [0.3, 0.4) is 0 Å². The lowest BCUT2D eigenvalue weighted by molar-refractivity contribution is 0.415. The second kappa shape index (κ2) is 4.02. The first kappa shape index (κ1) is 10.8. The molecule has 0 spiro atoms. The number of aromatic nitrogens is 1. The predicted octanol–water partition coefficient (Wildman–Crippen LogP) is 3.43. The van der Waals surface area contributed by atoms with Gasteiger partial charge in [0.2, 0.25) is 0 Å². The minimum Gasteiger partial charge on any atom is -0.508 e. The smallest absolute Gasteiger partial charge is 0.139 e. The van der Waals surface area contributed by atoms with E-state index in [1.54, 1.807) is 31.5 Å². The summed E-state index contributed by atoms with van der Waals surface area (Å²) >= 11 is 6.00. The Morgan fingerprint density at radius 1 is 1.44 bits per heavy atom. The van der Waals surface area contributed by atoms with E-state index in [0.717, 1.165) is 10.9 Å². The van der Waals surface area contributed by atoms with Gasteiger partial charge in [-0.15, -0.1) is 0 Å². The number of aliphatic hydroxyl groups is 1. The molecule has 0 aliphatic rings. The van der Waals surface area contributed by atoms with Crippen molar-refractivity contribution in [1.29, 1.82) is 0 Å². The van der Waals surface area contributed by atoms with Crippen molar-refractivity contribution in [2.75, 3.05) is 7.11 Å². The maximum Gasteiger partial charge on any atom is 0.139 e. The number of pyridine rings is 1. The van der Waals surface area contributed by atoms with Crippen molar-refractivity contribution in [2.24, 2.45) is 0 Å². The zero-order valence-electron chi connectivity index (χ0n) is 8.70. The van der Waals surface area contributed by atoms with Crippen molar-refractivity contribution >= 4 is 28.3 Å². The molecule has 4 heteroatoms. The second-order valence-corrected chi connectivity index (χ2v) is 3.76. The quantitative estimate of drug-likeness (QED) is 0.811. The first-order valence-electron chi connectivity index (χ1n) is 4.63. The van der Waals surface area contributed by atoms with Crippen LogP contribution in [0.1, 0.15) is 5.56 Å². The molecule has 0 unspecified atom stereocenters. The van der Waals surface area contributed by atoms with E-state index >= 15 is 0 Å². The summed E-state index contributed by atoms with van der Waals surface area (Å²) in [5.41, 5.74) is 1.33. The molecule has 0 aliphatic carbocycles. The van der Waals surface area contributed by atoms with Crippen molar-refractivity contribution in [3.8, 4) is 5.75 Å². The van der Waals surface area contributed by atoms with Crippen LogP contribution in [-0.4, -0.2) is 17.2 Å². The summed E-state index contributed by atoms with van der Waals surface area (Å²) in [7, 11) is 1.55. The average Bonchev–Trinajstić information content (AvgIpc) is 2.27. The minimum atomic E-state index is -0.0126. The Morgan fingerprint density at radius 2 is 2.19 bits per heavy atom. The molecule has 0 amide bonds. The molecule has 0 radical (unpaired) electrons. The second-order valence-electron chi connectivity index (χ2n) is 3.35. The molecule has 0 fully saturated rings. The highest BCUT2D eigenvalue weighted by molar-refractivity contribution is 6.32. The molecule has 82 valence electrons. The van der Waals surface area contributed by atoms with Gasteiger partial charge in [-0.1, -0.05) is 18.2 Å². The van der Waals surface area contributed by atoms with Crippen molar-refractivity contribution in [1.82, 2.24) is 4.98 Å². The molecular weight excluding hydrogens is 226 g/mol. The fourth-order valence-corrected chi connectivity index (χ4v) is 1.69. The van der Waals surface area contributed by atoms with Gasteiger partial charge in [-0.25, -0.2) is 0 Å². The minimum absolute atomic E-state index is 0.0126. The lowest BCUT2D eigenvalue weighted by Gasteiger charge is -2.06. The van der Waals surface area contributed by atoms with E-state index in [2.05, 4.69) is 11.6 Å². The third kappa shape index (κ3) is 1.82. The van der Waals surface area contributed by atoms with Crippen LogP contribution in [0.2, 0.25) is 5.02 Å². The number of ether oxygens (including phenoxy) is 1. The van der Waals surface area contributed by atoms with Crippen LogP contribution >= 0.6 is 11.6 Å².